The van der Waals surface area contributed by atoms with Gasteiger partial charge in [0.25, 0.3) is 17.7 Å². The van der Waals surface area contributed by atoms with Gasteiger partial charge in [-0.25, -0.2) is 4.79 Å². The van der Waals surface area contributed by atoms with Gasteiger partial charge in [0.05, 0.1) is 16.7 Å². The van der Waals surface area contributed by atoms with Crippen LogP contribution in [0.25, 0.3) is 0 Å². The van der Waals surface area contributed by atoms with Crippen LogP contribution in [-0.2, 0) is 16.1 Å². The molecule has 1 aliphatic rings. The van der Waals surface area contributed by atoms with Crippen molar-refractivity contribution in [1.29, 1.82) is 0 Å². The zero-order valence-corrected chi connectivity index (χ0v) is 18.0. The molecule has 7 heteroatoms. The summed E-state index contributed by atoms with van der Waals surface area (Å²) in [6.45, 7) is 4.23. The summed E-state index contributed by atoms with van der Waals surface area (Å²) in [5, 5.41) is 0. The van der Waals surface area contributed by atoms with Gasteiger partial charge in [0, 0.05) is 20.1 Å². The van der Waals surface area contributed by atoms with E-state index in [-0.39, 0.29) is 28.5 Å². The van der Waals surface area contributed by atoms with Crippen molar-refractivity contribution in [2.24, 2.45) is 0 Å². The van der Waals surface area contributed by atoms with E-state index in [1.165, 1.54) is 34.9 Å². The molecule has 1 atom stereocenters. The lowest BCUT2D eigenvalue weighted by molar-refractivity contribution is -0.139. The molecule has 0 radical (unpaired) electrons. The maximum Gasteiger partial charge on any atom is 0.338 e. The second-order valence-electron chi connectivity index (χ2n) is 7.60. The Hall–Kier alpha value is -3.48. The molecule has 1 heterocycles. The van der Waals surface area contributed by atoms with E-state index in [1.807, 2.05) is 37.3 Å². The van der Waals surface area contributed by atoms with E-state index < -0.39 is 18.0 Å². The zero-order chi connectivity index (χ0) is 22.5. The van der Waals surface area contributed by atoms with E-state index in [9.17, 15) is 19.2 Å². The highest BCUT2D eigenvalue weighted by Crippen LogP contribution is 2.25. The van der Waals surface area contributed by atoms with Gasteiger partial charge < -0.3 is 9.64 Å². The number of rotatable bonds is 8. The molecular formula is C24H26N2O5. The predicted octanol–water partition coefficient (Wildman–Crippen LogP) is 3.29. The summed E-state index contributed by atoms with van der Waals surface area (Å²) in [4.78, 5) is 52.9. The Kier molecular flexibility index (Phi) is 6.84. The van der Waals surface area contributed by atoms with E-state index in [4.69, 9.17) is 4.74 Å². The SMILES string of the molecule is CCCCN1C(=O)c2ccc(C(=O)O[C@H](C)C(=O)N(C)Cc3ccccc3)cc2C1=O. The van der Waals surface area contributed by atoms with Crippen LogP contribution in [-0.4, -0.2) is 53.2 Å². The molecule has 162 valence electrons. The van der Waals surface area contributed by atoms with Gasteiger partial charge >= 0.3 is 5.97 Å². The molecule has 2 aromatic rings. The summed E-state index contributed by atoms with van der Waals surface area (Å²) < 4.78 is 5.33. The fraction of sp³-hybridized carbons (Fsp3) is 0.333. The van der Waals surface area contributed by atoms with Crippen LogP contribution in [0.15, 0.2) is 48.5 Å². The average Bonchev–Trinajstić information content (AvgIpc) is 3.01. The van der Waals surface area contributed by atoms with Crippen molar-refractivity contribution < 1.29 is 23.9 Å². The van der Waals surface area contributed by atoms with E-state index in [1.54, 1.807) is 7.05 Å². The number of nitrogens with zero attached hydrogens (tertiary/aromatic N) is 2. The molecule has 0 N–H and O–H groups in total. The molecule has 0 aromatic heterocycles. The number of imide groups is 1. The van der Waals surface area contributed by atoms with E-state index >= 15 is 0 Å². The lowest BCUT2D eigenvalue weighted by Gasteiger charge is -2.21. The number of amides is 3. The third-order valence-corrected chi connectivity index (χ3v) is 5.21. The number of hydrogen-bond donors (Lipinski definition) is 0. The summed E-state index contributed by atoms with van der Waals surface area (Å²) in [6, 6.07) is 13.8. The van der Waals surface area contributed by atoms with Crippen molar-refractivity contribution >= 4 is 23.7 Å². The Balaban J connectivity index is 1.66. The van der Waals surface area contributed by atoms with Crippen molar-refractivity contribution in [2.75, 3.05) is 13.6 Å². The standard InChI is InChI=1S/C24H26N2O5/c1-4-5-13-26-22(28)19-12-11-18(14-20(19)23(26)29)24(30)31-16(2)21(27)25(3)15-17-9-7-6-8-10-17/h6-12,14,16H,4-5,13,15H2,1-3H3/t16-/m1/s1. The molecule has 0 fully saturated rings. The average molecular weight is 422 g/mol. The number of benzene rings is 2. The Labute approximate surface area is 181 Å². The molecule has 0 aliphatic carbocycles. The second-order valence-corrected chi connectivity index (χ2v) is 7.60. The Morgan fingerprint density at radius 3 is 2.39 bits per heavy atom. The minimum atomic E-state index is -0.993. The molecule has 7 nitrogen and oxygen atoms in total. The van der Waals surface area contributed by atoms with Crippen LogP contribution >= 0.6 is 0 Å². The highest BCUT2D eigenvalue weighted by molar-refractivity contribution is 6.22. The molecule has 0 saturated heterocycles. The van der Waals surface area contributed by atoms with Gasteiger partial charge in [0.1, 0.15) is 0 Å². The molecule has 3 amide bonds. The summed E-state index contributed by atoms with van der Waals surface area (Å²) in [7, 11) is 1.64. The van der Waals surface area contributed by atoms with Crippen LogP contribution in [0, 0.1) is 0 Å². The summed E-state index contributed by atoms with van der Waals surface area (Å²) in [5.74, 6) is -1.81. The first kappa shape index (κ1) is 22.2. The number of likely N-dealkylation sites (N-methyl/N-ethyl adjacent to an activating group) is 1. The lowest BCUT2D eigenvalue weighted by Crippen LogP contribution is -2.37. The van der Waals surface area contributed by atoms with Crippen molar-refractivity contribution in [1.82, 2.24) is 9.80 Å². The number of esters is 1. The zero-order valence-electron chi connectivity index (χ0n) is 18.0. The van der Waals surface area contributed by atoms with Gasteiger partial charge in [0.15, 0.2) is 6.10 Å². The smallest absolute Gasteiger partial charge is 0.338 e. The van der Waals surface area contributed by atoms with Crippen LogP contribution in [0.1, 0.15) is 63.3 Å². The molecule has 3 rings (SSSR count). The van der Waals surface area contributed by atoms with E-state index in [2.05, 4.69) is 0 Å². The number of unbranched alkanes of at least 4 members (excludes halogenated alkanes) is 1. The van der Waals surface area contributed by atoms with Gasteiger partial charge in [-0.3, -0.25) is 19.3 Å². The Morgan fingerprint density at radius 1 is 1.03 bits per heavy atom. The molecule has 1 aliphatic heterocycles. The summed E-state index contributed by atoms with van der Waals surface area (Å²) in [6.07, 6.45) is 0.583. The minimum absolute atomic E-state index is 0.127. The fourth-order valence-corrected chi connectivity index (χ4v) is 3.46. The second kappa shape index (κ2) is 9.55. The first-order valence-electron chi connectivity index (χ1n) is 10.3. The number of ether oxygens (including phenoxy) is 1. The monoisotopic (exact) mass is 422 g/mol. The molecular weight excluding hydrogens is 396 g/mol. The topological polar surface area (TPSA) is 84.0 Å². The van der Waals surface area contributed by atoms with Crippen molar-refractivity contribution in [3.63, 3.8) is 0 Å². The first-order valence-corrected chi connectivity index (χ1v) is 10.3. The quantitative estimate of drug-likeness (QED) is 0.482. The van der Waals surface area contributed by atoms with Gasteiger partial charge in [-0.05, 0) is 37.1 Å². The van der Waals surface area contributed by atoms with Crippen molar-refractivity contribution in [2.45, 2.75) is 39.3 Å². The number of carbonyl (C=O) groups is 4. The van der Waals surface area contributed by atoms with Crippen molar-refractivity contribution in [3.05, 3.63) is 70.8 Å². The fourth-order valence-electron chi connectivity index (χ4n) is 3.46. The van der Waals surface area contributed by atoms with Gasteiger partial charge in [-0.1, -0.05) is 43.7 Å². The highest BCUT2D eigenvalue weighted by Gasteiger charge is 2.35. The number of carbonyl (C=O) groups excluding carboxylic acids is 4. The molecule has 31 heavy (non-hydrogen) atoms. The Morgan fingerprint density at radius 2 is 1.71 bits per heavy atom. The molecule has 0 bridgehead atoms. The highest BCUT2D eigenvalue weighted by atomic mass is 16.5. The van der Waals surface area contributed by atoms with Gasteiger partial charge in [0.2, 0.25) is 0 Å². The lowest BCUT2D eigenvalue weighted by atomic mass is 10.1. The third-order valence-electron chi connectivity index (χ3n) is 5.21. The maximum absolute atomic E-state index is 12.6. The van der Waals surface area contributed by atoms with Crippen LogP contribution in [0.4, 0.5) is 0 Å². The predicted molar refractivity (Wildman–Crippen MR) is 115 cm³/mol. The molecule has 0 saturated carbocycles. The van der Waals surface area contributed by atoms with Crippen LogP contribution in [0.3, 0.4) is 0 Å². The van der Waals surface area contributed by atoms with Crippen molar-refractivity contribution in [3.8, 4) is 0 Å². The van der Waals surface area contributed by atoms with Crippen LogP contribution in [0.5, 0.6) is 0 Å². The first-order chi connectivity index (χ1) is 14.8. The normalized spacial score (nSPS) is 13.7. The van der Waals surface area contributed by atoms with Crippen LogP contribution in [0.2, 0.25) is 0 Å². The maximum atomic E-state index is 12.6. The molecule has 0 spiro atoms. The number of hydrogen-bond acceptors (Lipinski definition) is 5. The molecule has 0 unspecified atom stereocenters. The third kappa shape index (κ3) is 4.82. The van der Waals surface area contributed by atoms with Gasteiger partial charge in [-0.15, -0.1) is 0 Å². The van der Waals surface area contributed by atoms with E-state index in [0.717, 1.165) is 18.4 Å². The Bertz CT molecular complexity index is 1000. The largest absolute Gasteiger partial charge is 0.449 e. The molecule has 2 aromatic carbocycles. The van der Waals surface area contributed by atoms with Gasteiger partial charge in [-0.2, -0.15) is 0 Å². The summed E-state index contributed by atoms with van der Waals surface area (Å²) in [5.41, 5.74) is 1.56. The van der Waals surface area contributed by atoms with E-state index in [0.29, 0.717) is 13.1 Å². The minimum Gasteiger partial charge on any atom is -0.449 e. The number of fused-ring (bicyclic) bond motifs is 1. The summed E-state index contributed by atoms with van der Waals surface area (Å²) >= 11 is 0. The van der Waals surface area contributed by atoms with Crippen LogP contribution < -0.4 is 0 Å².